The van der Waals surface area contributed by atoms with E-state index in [9.17, 15) is 4.79 Å². The Balaban J connectivity index is 1.19. The van der Waals surface area contributed by atoms with Crippen molar-refractivity contribution in [1.82, 2.24) is 14.8 Å². The summed E-state index contributed by atoms with van der Waals surface area (Å²) in [6.07, 6.45) is 2.79. The summed E-state index contributed by atoms with van der Waals surface area (Å²) in [7, 11) is 0. The molecule has 4 aliphatic heterocycles. The zero-order chi connectivity index (χ0) is 25.5. The van der Waals surface area contributed by atoms with Gasteiger partial charge in [0.25, 0.3) is 5.91 Å². The second-order valence-electron chi connectivity index (χ2n) is 10.5. The number of pyridine rings is 1. The van der Waals surface area contributed by atoms with Crippen LogP contribution >= 0.6 is 0 Å². The van der Waals surface area contributed by atoms with Crippen LogP contribution in [0.4, 0.5) is 17.2 Å². The van der Waals surface area contributed by atoms with Crippen LogP contribution in [0.3, 0.4) is 0 Å². The summed E-state index contributed by atoms with van der Waals surface area (Å²) in [5, 5.41) is 3.63. The van der Waals surface area contributed by atoms with E-state index < -0.39 is 0 Å². The number of hydrogen-bond donors (Lipinski definition) is 1. The molecule has 8 nitrogen and oxygen atoms in total. The molecule has 0 radical (unpaired) electrons. The molecule has 4 aliphatic rings. The highest BCUT2D eigenvalue weighted by Gasteiger charge is 2.38. The third-order valence-electron chi connectivity index (χ3n) is 8.15. The van der Waals surface area contributed by atoms with Gasteiger partial charge in [0.15, 0.2) is 0 Å². The Morgan fingerprint density at radius 2 is 1.97 bits per heavy atom. The molecule has 6 rings (SSSR count). The summed E-state index contributed by atoms with van der Waals surface area (Å²) < 4.78 is 12.1. The Morgan fingerprint density at radius 1 is 1.16 bits per heavy atom. The number of morpholine rings is 1. The summed E-state index contributed by atoms with van der Waals surface area (Å²) >= 11 is 0. The lowest BCUT2D eigenvalue weighted by atomic mass is 9.88. The van der Waals surface area contributed by atoms with Gasteiger partial charge in [-0.25, -0.2) is 4.98 Å². The Bertz CT molecular complexity index is 1260. The molecule has 1 aromatic heterocycles. The molecule has 3 saturated heterocycles. The number of nitrogens with zero attached hydrogens (tertiary/aromatic N) is 4. The molecular formula is C29H35N5O3. The van der Waals surface area contributed by atoms with Gasteiger partial charge in [-0.3, -0.25) is 9.69 Å². The SMILES string of the molecule is CC#CC(=O)N1CC[C@H](N2CC(c3cc(C)c4c(c3)Nc3nccc(N5CCOCC5)c3[C@H](C)O4)C2)C1. The fourth-order valence-corrected chi connectivity index (χ4v) is 6.13. The molecule has 8 heteroatoms. The maximum absolute atomic E-state index is 12.1. The van der Waals surface area contributed by atoms with Crippen LogP contribution < -0.4 is 15.0 Å². The van der Waals surface area contributed by atoms with Gasteiger partial charge >= 0.3 is 0 Å². The maximum Gasteiger partial charge on any atom is 0.298 e. The standard InChI is InChI=1S/C29H35N5O3/c1-4-5-26(35)33-9-7-23(18-33)34-16-22(17-34)21-14-19(2)28-24(15-21)31-29-27(20(3)37-28)25(6-8-30-29)32-10-12-36-13-11-32/h6,8,14-15,20,22-23H,7,9-13,16-18H2,1-3H3,(H,30,31)/t20-,23-/m0/s1. The first-order chi connectivity index (χ1) is 18.0. The smallest absolute Gasteiger partial charge is 0.298 e. The van der Waals surface area contributed by atoms with E-state index in [4.69, 9.17) is 14.5 Å². The van der Waals surface area contributed by atoms with Gasteiger partial charge in [-0.05, 0) is 56.4 Å². The van der Waals surface area contributed by atoms with E-state index in [1.165, 1.54) is 11.3 Å². The van der Waals surface area contributed by atoms with Crippen molar-refractivity contribution in [3.63, 3.8) is 0 Å². The van der Waals surface area contributed by atoms with Gasteiger partial charge in [0.05, 0.1) is 24.5 Å². The van der Waals surface area contributed by atoms with Gasteiger partial charge in [0.2, 0.25) is 0 Å². The summed E-state index contributed by atoms with van der Waals surface area (Å²) in [5.41, 5.74) is 5.72. The molecule has 0 saturated carbocycles. The number of carbonyl (C=O) groups excluding carboxylic acids is 1. The Morgan fingerprint density at radius 3 is 2.76 bits per heavy atom. The number of benzene rings is 1. The van der Waals surface area contributed by atoms with Crippen molar-refractivity contribution in [2.75, 3.05) is 62.7 Å². The molecule has 0 aliphatic carbocycles. The highest BCUT2D eigenvalue weighted by molar-refractivity contribution is 5.93. The predicted octanol–water partition coefficient (Wildman–Crippen LogP) is 3.45. The van der Waals surface area contributed by atoms with E-state index in [2.05, 4.69) is 59.0 Å². The largest absolute Gasteiger partial charge is 0.483 e. The number of aromatic nitrogens is 1. The molecule has 1 N–H and O–H groups in total. The van der Waals surface area contributed by atoms with Gasteiger partial charge in [-0.1, -0.05) is 12.0 Å². The Labute approximate surface area is 218 Å². The number of nitrogens with one attached hydrogen (secondary N) is 1. The van der Waals surface area contributed by atoms with Gasteiger partial charge in [-0.2, -0.15) is 0 Å². The molecule has 0 bridgehead atoms. The van der Waals surface area contributed by atoms with Crippen molar-refractivity contribution in [1.29, 1.82) is 0 Å². The first-order valence-corrected chi connectivity index (χ1v) is 13.4. The lowest BCUT2D eigenvalue weighted by Gasteiger charge is -2.43. The minimum absolute atomic E-state index is 0.0468. The van der Waals surface area contributed by atoms with Crippen molar-refractivity contribution in [3.8, 4) is 17.6 Å². The quantitative estimate of drug-likeness (QED) is 0.646. The van der Waals surface area contributed by atoms with Crippen LogP contribution in [0.25, 0.3) is 0 Å². The first-order valence-electron chi connectivity index (χ1n) is 13.4. The van der Waals surface area contributed by atoms with E-state index >= 15 is 0 Å². The first kappa shape index (κ1) is 24.1. The number of amides is 1. The molecule has 1 aromatic carbocycles. The van der Waals surface area contributed by atoms with Crippen LogP contribution in [0, 0.1) is 18.8 Å². The second-order valence-corrected chi connectivity index (χ2v) is 10.5. The van der Waals surface area contributed by atoms with Gasteiger partial charge in [-0.15, -0.1) is 0 Å². The van der Waals surface area contributed by atoms with E-state index in [1.807, 2.05) is 11.1 Å². The van der Waals surface area contributed by atoms with Crippen LogP contribution in [-0.4, -0.2) is 79.2 Å². The third kappa shape index (κ3) is 4.51. The minimum Gasteiger partial charge on any atom is -0.483 e. The van der Waals surface area contributed by atoms with Crippen LogP contribution in [-0.2, 0) is 9.53 Å². The molecule has 2 aromatic rings. The monoisotopic (exact) mass is 501 g/mol. The van der Waals surface area contributed by atoms with Crippen LogP contribution in [0.2, 0.25) is 0 Å². The number of anilines is 3. The van der Waals surface area contributed by atoms with E-state index in [1.54, 1.807) is 6.92 Å². The van der Waals surface area contributed by atoms with Gasteiger partial charge in [0.1, 0.15) is 17.7 Å². The van der Waals surface area contributed by atoms with Crippen LogP contribution in [0.1, 0.15) is 49.0 Å². The molecule has 0 spiro atoms. The van der Waals surface area contributed by atoms with Crippen molar-refractivity contribution in [2.24, 2.45) is 0 Å². The van der Waals surface area contributed by atoms with Crippen molar-refractivity contribution >= 4 is 23.1 Å². The lowest BCUT2D eigenvalue weighted by Crippen LogP contribution is -2.51. The third-order valence-corrected chi connectivity index (χ3v) is 8.15. The van der Waals surface area contributed by atoms with Crippen molar-refractivity contribution < 1.29 is 14.3 Å². The number of carbonyl (C=O) groups is 1. The summed E-state index contributed by atoms with van der Waals surface area (Å²) in [6.45, 7) is 12.8. The maximum atomic E-state index is 12.1. The number of fused-ring (bicyclic) bond motifs is 2. The van der Waals surface area contributed by atoms with Crippen LogP contribution in [0.15, 0.2) is 24.4 Å². The number of rotatable bonds is 3. The van der Waals surface area contributed by atoms with Crippen LogP contribution in [0.5, 0.6) is 5.75 Å². The molecule has 0 unspecified atom stereocenters. The molecule has 1 amide bonds. The zero-order valence-corrected chi connectivity index (χ0v) is 21.9. The molecule has 37 heavy (non-hydrogen) atoms. The topological polar surface area (TPSA) is 70.2 Å². The highest BCUT2D eigenvalue weighted by Crippen LogP contribution is 2.45. The van der Waals surface area contributed by atoms with Gasteiger partial charge < -0.3 is 24.6 Å². The fraction of sp³-hybridized carbons (Fsp3) is 0.517. The average molecular weight is 502 g/mol. The van der Waals surface area contributed by atoms with E-state index in [0.717, 1.165) is 87.3 Å². The summed E-state index contributed by atoms with van der Waals surface area (Å²) in [6, 6.07) is 7.05. The fourth-order valence-electron chi connectivity index (χ4n) is 6.13. The zero-order valence-electron chi connectivity index (χ0n) is 21.9. The summed E-state index contributed by atoms with van der Waals surface area (Å²) in [4.78, 5) is 23.6. The van der Waals surface area contributed by atoms with Crippen molar-refractivity contribution in [2.45, 2.75) is 45.3 Å². The number of hydrogen-bond acceptors (Lipinski definition) is 7. The number of aryl methyl sites for hydroxylation is 1. The molecule has 5 heterocycles. The Hall–Kier alpha value is -3.28. The average Bonchev–Trinajstić information content (AvgIpc) is 3.30. The molecule has 3 fully saturated rings. The minimum atomic E-state index is -0.121. The Kier molecular flexibility index (Phi) is 6.43. The highest BCUT2D eigenvalue weighted by atomic mass is 16.5. The second kappa shape index (κ2) is 9.88. The molecular weight excluding hydrogens is 466 g/mol. The van der Waals surface area contributed by atoms with Crippen molar-refractivity contribution in [3.05, 3.63) is 41.1 Å². The number of ether oxygens (including phenoxy) is 2. The lowest BCUT2D eigenvalue weighted by molar-refractivity contribution is -0.124. The predicted molar refractivity (Wildman–Crippen MR) is 144 cm³/mol. The number of likely N-dealkylation sites (tertiary alicyclic amines) is 2. The van der Waals surface area contributed by atoms with E-state index in [0.29, 0.717) is 12.0 Å². The molecule has 2 atom stereocenters. The molecule has 194 valence electrons. The van der Waals surface area contributed by atoms with E-state index in [-0.39, 0.29) is 12.0 Å². The van der Waals surface area contributed by atoms with Gasteiger partial charge in [0, 0.05) is 63.1 Å². The summed E-state index contributed by atoms with van der Waals surface area (Å²) in [5.74, 6) is 7.60. The normalized spacial score (nSPS) is 23.5.